The van der Waals surface area contributed by atoms with Crippen LogP contribution in [0.25, 0.3) is 0 Å². The van der Waals surface area contributed by atoms with E-state index in [1.165, 1.54) is 22.6 Å². The number of nitrogens with zero attached hydrogens (tertiary/aromatic N) is 1. The third kappa shape index (κ3) is 4.01. The highest BCUT2D eigenvalue weighted by Crippen LogP contribution is 2.22. The van der Waals surface area contributed by atoms with Crippen LogP contribution in [0.5, 0.6) is 0 Å². The Kier molecular flexibility index (Phi) is 5.54. The lowest BCUT2D eigenvalue weighted by atomic mass is 10.2. The highest BCUT2D eigenvalue weighted by molar-refractivity contribution is 7.99. The lowest BCUT2D eigenvalue weighted by molar-refractivity contribution is 0.0205. The van der Waals surface area contributed by atoms with Crippen molar-refractivity contribution >= 4 is 11.8 Å². The molecule has 0 aromatic heterocycles. The molecule has 1 aliphatic heterocycles. The van der Waals surface area contributed by atoms with Gasteiger partial charge in [0.1, 0.15) is 0 Å². The first-order valence-electron chi connectivity index (χ1n) is 6.81. The fraction of sp³-hybridized carbons (Fsp3) is 0.600. The molecule has 1 aliphatic rings. The van der Waals surface area contributed by atoms with E-state index < -0.39 is 0 Å². The maximum absolute atomic E-state index is 5.42. The largest absolute Gasteiger partial charge is 0.379 e. The average molecular weight is 265 g/mol. The molecule has 3 heteroatoms. The fourth-order valence-electron chi connectivity index (χ4n) is 2.25. The third-order valence-electron chi connectivity index (χ3n) is 3.50. The summed E-state index contributed by atoms with van der Waals surface area (Å²) in [4.78, 5) is 3.96. The summed E-state index contributed by atoms with van der Waals surface area (Å²) in [5.74, 6) is 1.18. The summed E-state index contributed by atoms with van der Waals surface area (Å²) in [6.45, 7) is 8.39. The smallest absolute Gasteiger partial charge is 0.0594 e. The number of hydrogen-bond acceptors (Lipinski definition) is 3. The van der Waals surface area contributed by atoms with Crippen LogP contribution in [0.2, 0.25) is 0 Å². The van der Waals surface area contributed by atoms with Gasteiger partial charge in [-0.15, -0.1) is 11.8 Å². The Morgan fingerprint density at radius 3 is 2.50 bits per heavy atom. The summed E-state index contributed by atoms with van der Waals surface area (Å²) in [5.41, 5.74) is 1.33. The van der Waals surface area contributed by atoms with Crippen LogP contribution in [0.4, 0.5) is 0 Å². The van der Waals surface area contributed by atoms with Crippen molar-refractivity contribution < 1.29 is 4.74 Å². The number of morpholine rings is 1. The Hall–Kier alpha value is -0.510. The van der Waals surface area contributed by atoms with E-state index in [9.17, 15) is 0 Å². The summed E-state index contributed by atoms with van der Waals surface area (Å²) in [7, 11) is 0. The van der Waals surface area contributed by atoms with Crippen molar-refractivity contribution in [3.63, 3.8) is 0 Å². The number of aryl methyl sites for hydroxylation is 1. The molecule has 0 amide bonds. The van der Waals surface area contributed by atoms with E-state index in [1.54, 1.807) is 0 Å². The second kappa shape index (κ2) is 7.17. The monoisotopic (exact) mass is 265 g/mol. The van der Waals surface area contributed by atoms with Gasteiger partial charge < -0.3 is 4.74 Å². The van der Waals surface area contributed by atoms with Gasteiger partial charge in [-0.1, -0.05) is 24.6 Å². The summed E-state index contributed by atoms with van der Waals surface area (Å²) < 4.78 is 5.42. The van der Waals surface area contributed by atoms with Gasteiger partial charge in [0, 0.05) is 29.8 Å². The van der Waals surface area contributed by atoms with Gasteiger partial charge in [0.15, 0.2) is 0 Å². The molecule has 1 saturated heterocycles. The van der Waals surface area contributed by atoms with Crippen LogP contribution in [-0.4, -0.2) is 43.0 Å². The van der Waals surface area contributed by atoms with Gasteiger partial charge in [0.2, 0.25) is 0 Å². The molecule has 2 rings (SSSR count). The van der Waals surface area contributed by atoms with Gasteiger partial charge in [-0.05, 0) is 25.5 Å². The van der Waals surface area contributed by atoms with Crippen LogP contribution < -0.4 is 0 Å². The minimum absolute atomic E-state index is 0.681. The van der Waals surface area contributed by atoms with E-state index in [1.807, 2.05) is 11.8 Å². The lowest BCUT2D eigenvalue weighted by Crippen LogP contribution is -2.44. The summed E-state index contributed by atoms with van der Waals surface area (Å²) >= 11 is 1.97. The molecule has 100 valence electrons. The van der Waals surface area contributed by atoms with Gasteiger partial charge in [-0.25, -0.2) is 0 Å². The van der Waals surface area contributed by atoms with Crippen LogP contribution in [0.15, 0.2) is 29.2 Å². The zero-order valence-corrected chi connectivity index (χ0v) is 12.2. The van der Waals surface area contributed by atoms with Crippen molar-refractivity contribution in [2.24, 2.45) is 0 Å². The van der Waals surface area contributed by atoms with Crippen LogP contribution in [0, 0.1) is 6.92 Å². The van der Waals surface area contributed by atoms with Crippen LogP contribution >= 0.6 is 11.8 Å². The molecule has 0 aliphatic carbocycles. The molecular formula is C15H23NOS. The molecule has 0 saturated carbocycles. The van der Waals surface area contributed by atoms with Crippen molar-refractivity contribution in [1.82, 2.24) is 4.90 Å². The predicted molar refractivity (Wildman–Crippen MR) is 78.4 cm³/mol. The maximum Gasteiger partial charge on any atom is 0.0594 e. The van der Waals surface area contributed by atoms with Crippen molar-refractivity contribution in [3.8, 4) is 0 Å². The third-order valence-corrected chi connectivity index (χ3v) is 4.65. The Labute approximate surface area is 115 Å². The zero-order chi connectivity index (χ0) is 12.8. The van der Waals surface area contributed by atoms with E-state index in [2.05, 4.69) is 43.0 Å². The van der Waals surface area contributed by atoms with Crippen molar-refractivity contribution in [2.75, 3.05) is 32.1 Å². The first kappa shape index (κ1) is 13.9. The number of hydrogen-bond donors (Lipinski definition) is 0. The number of benzene rings is 1. The number of ether oxygens (including phenoxy) is 1. The molecule has 1 aromatic carbocycles. The van der Waals surface area contributed by atoms with Crippen LogP contribution in [0.1, 0.15) is 18.9 Å². The maximum atomic E-state index is 5.42. The Balaban J connectivity index is 1.84. The molecule has 0 N–H and O–H groups in total. The molecule has 1 unspecified atom stereocenters. The highest BCUT2D eigenvalue weighted by atomic mass is 32.2. The van der Waals surface area contributed by atoms with E-state index in [4.69, 9.17) is 4.74 Å². The Morgan fingerprint density at radius 2 is 1.89 bits per heavy atom. The first-order valence-corrected chi connectivity index (χ1v) is 7.79. The highest BCUT2D eigenvalue weighted by Gasteiger charge is 2.19. The number of thioether (sulfide) groups is 1. The summed E-state index contributed by atoms with van der Waals surface area (Å²) in [6.07, 6.45) is 1.22. The SMILES string of the molecule is CCC(CSc1ccc(C)cc1)N1CCOCC1. The number of rotatable bonds is 5. The van der Waals surface area contributed by atoms with E-state index in [-0.39, 0.29) is 0 Å². The first-order chi connectivity index (χ1) is 8.79. The van der Waals surface area contributed by atoms with Gasteiger partial charge in [0.05, 0.1) is 13.2 Å². The molecule has 0 radical (unpaired) electrons. The van der Waals surface area contributed by atoms with E-state index in [0.717, 1.165) is 26.3 Å². The van der Waals surface area contributed by atoms with Gasteiger partial charge in [-0.2, -0.15) is 0 Å². The fourth-order valence-corrected chi connectivity index (χ4v) is 3.41. The molecule has 18 heavy (non-hydrogen) atoms. The second-order valence-corrected chi connectivity index (χ2v) is 5.93. The van der Waals surface area contributed by atoms with Gasteiger partial charge >= 0.3 is 0 Å². The summed E-state index contributed by atoms with van der Waals surface area (Å²) in [5, 5.41) is 0. The summed E-state index contributed by atoms with van der Waals surface area (Å²) in [6, 6.07) is 9.52. The Morgan fingerprint density at radius 1 is 1.22 bits per heavy atom. The molecule has 1 atom stereocenters. The topological polar surface area (TPSA) is 12.5 Å². The molecule has 0 bridgehead atoms. The lowest BCUT2D eigenvalue weighted by Gasteiger charge is -2.33. The quantitative estimate of drug-likeness (QED) is 0.759. The van der Waals surface area contributed by atoms with Crippen molar-refractivity contribution in [3.05, 3.63) is 29.8 Å². The van der Waals surface area contributed by atoms with Crippen LogP contribution in [0.3, 0.4) is 0 Å². The normalized spacial score (nSPS) is 18.8. The zero-order valence-electron chi connectivity index (χ0n) is 11.4. The van der Waals surface area contributed by atoms with E-state index in [0.29, 0.717) is 6.04 Å². The van der Waals surface area contributed by atoms with Crippen LogP contribution in [-0.2, 0) is 4.74 Å². The minimum Gasteiger partial charge on any atom is -0.379 e. The molecule has 0 spiro atoms. The molecule has 2 nitrogen and oxygen atoms in total. The van der Waals surface area contributed by atoms with Gasteiger partial charge in [0.25, 0.3) is 0 Å². The van der Waals surface area contributed by atoms with Gasteiger partial charge in [-0.3, -0.25) is 4.90 Å². The standard InChI is InChI=1S/C15H23NOS/c1-3-14(16-8-10-17-11-9-16)12-18-15-6-4-13(2)5-7-15/h4-7,14H,3,8-12H2,1-2H3. The molecule has 1 aromatic rings. The second-order valence-electron chi connectivity index (χ2n) is 4.83. The average Bonchev–Trinajstić information content (AvgIpc) is 2.43. The molecule has 1 fully saturated rings. The van der Waals surface area contributed by atoms with E-state index >= 15 is 0 Å². The van der Waals surface area contributed by atoms with Crippen molar-refractivity contribution in [2.45, 2.75) is 31.2 Å². The Bertz CT molecular complexity index is 346. The van der Waals surface area contributed by atoms with Crippen molar-refractivity contribution in [1.29, 1.82) is 0 Å². The predicted octanol–water partition coefficient (Wildman–Crippen LogP) is 3.20. The minimum atomic E-state index is 0.681. The molecule has 1 heterocycles. The molecular weight excluding hydrogens is 242 g/mol.